The molecule has 6 rings (SSSR count). The highest BCUT2D eigenvalue weighted by molar-refractivity contribution is 6.32. The van der Waals surface area contributed by atoms with E-state index in [1.807, 2.05) is 18.4 Å². The molecule has 3 aromatic carbocycles. The van der Waals surface area contributed by atoms with E-state index >= 15 is 0 Å². The van der Waals surface area contributed by atoms with E-state index in [9.17, 15) is 14.0 Å². The number of carbonyl (C=O) groups is 2. The Morgan fingerprint density at radius 2 is 1.85 bits per heavy atom. The zero-order chi connectivity index (χ0) is 27.8. The highest BCUT2D eigenvalue weighted by Crippen LogP contribution is 2.54. The summed E-state index contributed by atoms with van der Waals surface area (Å²) in [5.74, 6) is -0.770. The van der Waals surface area contributed by atoms with Gasteiger partial charge in [-0.3, -0.25) is 14.5 Å². The fraction of sp³-hybridized carbons (Fsp3) is 0.179. The Morgan fingerprint density at radius 3 is 2.54 bits per heavy atom. The summed E-state index contributed by atoms with van der Waals surface area (Å²) in [6, 6.07) is 13.8. The van der Waals surface area contributed by atoms with Gasteiger partial charge < -0.3 is 20.4 Å². The lowest BCUT2D eigenvalue weighted by Crippen LogP contribution is -2.51. The van der Waals surface area contributed by atoms with Crippen molar-refractivity contribution in [2.24, 2.45) is 0 Å². The summed E-state index contributed by atoms with van der Waals surface area (Å²) in [4.78, 5) is 34.5. The van der Waals surface area contributed by atoms with Gasteiger partial charge in [0, 0.05) is 39.8 Å². The molecule has 4 aromatic rings. The maximum atomic E-state index is 14.3. The number of nitrogens with two attached hydrogens (primary N) is 1. The van der Waals surface area contributed by atoms with Crippen molar-refractivity contribution in [3.63, 3.8) is 0 Å². The van der Waals surface area contributed by atoms with Gasteiger partial charge in [0.15, 0.2) is 11.2 Å². The number of nitrogens with one attached hydrogen (secondary N) is 1. The second kappa shape index (κ2) is 8.72. The minimum Gasteiger partial charge on any atom is -0.496 e. The lowest BCUT2D eigenvalue weighted by molar-refractivity contribution is -0.119. The van der Waals surface area contributed by atoms with Crippen LogP contribution in [0.5, 0.6) is 5.75 Å². The number of imidazole rings is 1. The molecule has 198 valence electrons. The highest BCUT2D eigenvalue weighted by Gasteiger charge is 2.64. The Kier molecular flexibility index (Phi) is 5.64. The topological polar surface area (TPSA) is 102 Å². The number of methoxy groups -OCH3 is 1. The van der Waals surface area contributed by atoms with E-state index in [0.29, 0.717) is 44.8 Å². The summed E-state index contributed by atoms with van der Waals surface area (Å²) in [6.45, 7) is 3.86. The van der Waals surface area contributed by atoms with Crippen molar-refractivity contribution in [3.05, 3.63) is 87.4 Å². The Bertz CT molecular complexity index is 1720. The Morgan fingerprint density at radius 1 is 1.08 bits per heavy atom. The number of carbonyl (C=O) groups excluding carboxylic acids is 2. The third kappa shape index (κ3) is 3.39. The third-order valence-electron chi connectivity index (χ3n) is 7.09. The van der Waals surface area contributed by atoms with E-state index in [-0.39, 0.29) is 22.4 Å². The number of rotatable bonds is 4. The molecule has 2 aliphatic rings. The highest BCUT2D eigenvalue weighted by atomic mass is 35.5. The smallest absolute Gasteiger partial charge is 0.280 e. The average Bonchev–Trinajstić information content (AvgIpc) is 3.49. The van der Waals surface area contributed by atoms with Crippen LogP contribution in [0.1, 0.15) is 41.6 Å². The van der Waals surface area contributed by atoms with E-state index in [1.54, 1.807) is 36.4 Å². The number of hydrogen-bond donors (Lipinski definition) is 2. The number of amides is 2. The number of fused-ring (bicyclic) bond motifs is 4. The molecule has 1 spiro atoms. The summed E-state index contributed by atoms with van der Waals surface area (Å²) >= 11 is 12.4. The van der Waals surface area contributed by atoms with Crippen LogP contribution in [0.15, 0.2) is 54.6 Å². The number of ether oxygens (including phenoxy) is 1. The van der Waals surface area contributed by atoms with Gasteiger partial charge in [-0.1, -0.05) is 29.3 Å². The van der Waals surface area contributed by atoms with Gasteiger partial charge >= 0.3 is 0 Å². The second-order valence-corrected chi connectivity index (χ2v) is 10.5. The number of hydrogen-bond acceptors (Lipinski definition) is 5. The molecule has 0 aliphatic carbocycles. The first-order valence-corrected chi connectivity index (χ1v) is 12.8. The molecule has 8 nitrogen and oxygen atoms in total. The van der Waals surface area contributed by atoms with Crippen LogP contribution < -0.4 is 20.7 Å². The van der Waals surface area contributed by atoms with Crippen LogP contribution >= 0.6 is 23.2 Å². The van der Waals surface area contributed by atoms with Gasteiger partial charge in [-0.05, 0) is 56.3 Å². The first-order valence-electron chi connectivity index (χ1n) is 12.1. The summed E-state index contributed by atoms with van der Waals surface area (Å²) in [7, 11) is 1.52. The normalized spacial score (nSPS) is 17.7. The summed E-state index contributed by atoms with van der Waals surface area (Å²) in [6.07, 6.45) is 0. The van der Waals surface area contributed by atoms with Crippen LogP contribution in [-0.4, -0.2) is 28.5 Å². The zero-order valence-electron chi connectivity index (χ0n) is 21.1. The van der Waals surface area contributed by atoms with Crippen LogP contribution in [-0.2, 0) is 10.3 Å². The molecule has 2 amide bonds. The van der Waals surface area contributed by atoms with Crippen molar-refractivity contribution in [1.29, 1.82) is 0 Å². The van der Waals surface area contributed by atoms with Crippen LogP contribution in [0, 0.1) is 5.82 Å². The third-order valence-corrected chi connectivity index (χ3v) is 7.61. The van der Waals surface area contributed by atoms with Crippen molar-refractivity contribution in [3.8, 4) is 17.1 Å². The lowest BCUT2D eigenvalue weighted by Gasteiger charge is -2.35. The Hall–Kier alpha value is -4.08. The molecular formula is C28H22Cl2FN5O3. The Labute approximate surface area is 233 Å². The van der Waals surface area contributed by atoms with Gasteiger partial charge in [-0.25, -0.2) is 9.37 Å². The molecule has 1 aromatic heterocycles. The van der Waals surface area contributed by atoms with Gasteiger partial charge in [-0.2, -0.15) is 0 Å². The van der Waals surface area contributed by atoms with E-state index in [2.05, 4.69) is 5.32 Å². The standard InChI is InChI=1S/C28H22Cl2FN5O3/c1-13(2)35-24-23(34-25(35)17-7-5-15(32)11-22(17)39-3)26(37)36(16-6-9-20(31)19(30)12-16)28(24)18-8-4-14(29)10-21(18)33-27(28)38/h4-13H,32H2,1-3H3,(H,33,38)/t28-/m0/s1. The van der Waals surface area contributed by atoms with Crippen LogP contribution in [0.2, 0.25) is 10.0 Å². The number of halogens is 3. The van der Waals surface area contributed by atoms with Gasteiger partial charge in [0.2, 0.25) is 0 Å². The molecule has 0 saturated carbocycles. The first-order chi connectivity index (χ1) is 18.6. The van der Waals surface area contributed by atoms with Crippen molar-refractivity contribution in [1.82, 2.24) is 9.55 Å². The molecule has 11 heteroatoms. The van der Waals surface area contributed by atoms with Gasteiger partial charge in [-0.15, -0.1) is 0 Å². The average molecular weight is 566 g/mol. The molecule has 1 atom stereocenters. The van der Waals surface area contributed by atoms with E-state index in [4.69, 9.17) is 38.7 Å². The van der Waals surface area contributed by atoms with Crippen LogP contribution in [0.3, 0.4) is 0 Å². The molecule has 0 fully saturated rings. The van der Waals surface area contributed by atoms with Crippen LogP contribution in [0.4, 0.5) is 21.5 Å². The number of nitrogens with zero attached hydrogens (tertiary/aromatic N) is 3. The van der Waals surface area contributed by atoms with Crippen molar-refractivity contribution in [2.45, 2.75) is 25.4 Å². The lowest BCUT2D eigenvalue weighted by atomic mass is 9.87. The molecule has 0 radical (unpaired) electrons. The van der Waals surface area contributed by atoms with E-state index in [0.717, 1.165) is 6.07 Å². The minimum absolute atomic E-state index is 0.0796. The maximum absolute atomic E-state index is 14.3. The van der Waals surface area contributed by atoms with Gasteiger partial charge in [0.25, 0.3) is 11.8 Å². The Balaban J connectivity index is 1.72. The predicted octanol–water partition coefficient (Wildman–Crippen LogP) is 6.02. The first kappa shape index (κ1) is 25.2. The van der Waals surface area contributed by atoms with Crippen molar-refractivity contribution >= 4 is 52.1 Å². The number of aromatic nitrogens is 2. The minimum atomic E-state index is -1.68. The van der Waals surface area contributed by atoms with Crippen LogP contribution in [0.25, 0.3) is 11.4 Å². The van der Waals surface area contributed by atoms with Crippen molar-refractivity contribution in [2.75, 3.05) is 23.1 Å². The molecule has 0 bridgehead atoms. The van der Waals surface area contributed by atoms with E-state index in [1.165, 1.54) is 24.1 Å². The van der Waals surface area contributed by atoms with Crippen molar-refractivity contribution < 1.29 is 18.7 Å². The summed E-state index contributed by atoms with van der Waals surface area (Å²) in [5, 5.41) is 3.12. The number of anilines is 3. The molecule has 2 aliphatic heterocycles. The largest absolute Gasteiger partial charge is 0.496 e. The fourth-order valence-electron chi connectivity index (χ4n) is 5.54. The molecule has 39 heavy (non-hydrogen) atoms. The fourth-order valence-corrected chi connectivity index (χ4v) is 5.89. The maximum Gasteiger partial charge on any atom is 0.280 e. The summed E-state index contributed by atoms with van der Waals surface area (Å²) < 4.78 is 21.6. The van der Waals surface area contributed by atoms with Gasteiger partial charge in [0.05, 0.1) is 23.4 Å². The van der Waals surface area contributed by atoms with Gasteiger partial charge in [0.1, 0.15) is 17.4 Å². The second-order valence-electron chi connectivity index (χ2n) is 9.65. The molecule has 3 heterocycles. The molecule has 3 N–H and O–H groups in total. The zero-order valence-corrected chi connectivity index (χ0v) is 22.6. The monoisotopic (exact) mass is 565 g/mol. The molecule has 0 saturated heterocycles. The SMILES string of the molecule is COc1cc(N)ccc1-c1nc2c(n1C(C)C)[C@@]1(C(=O)Nc3cc(Cl)ccc31)N(c1ccc(F)c(Cl)c1)C2=O. The number of benzene rings is 3. The number of nitrogen functional groups attached to an aromatic ring is 1. The predicted molar refractivity (Wildman–Crippen MR) is 148 cm³/mol. The summed E-state index contributed by atoms with van der Waals surface area (Å²) in [5.41, 5.74) is 7.06. The molecular weight excluding hydrogens is 544 g/mol. The quantitative estimate of drug-likeness (QED) is 0.294. The van der Waals surface area contributed by atoms with E-state index < -0.39 is 23.2 Å². The molecule has 0 unspecified atom stereocenters.